The van der Waals surface area contributed by atoms with Crippen LogP contribution in [-0.4, -0.2) is 63.3 Å². The van der Waals surface area contributed by atoms with Gasteiger partial charge in [0.2, 0.25) is 5.91 Å². The van der Waals surface area contributed by atoms with Gasteiger partial charge in [0.1, 0.15) is 0 Å². The third kappa shape index (κ3) is 4.43. The van der Waals surface area contributed by atoms with Crippen molar-refractivity contribution in [2.45, 2.75) is 45.6 Å². The fourth-order valence-corrected chi connectivity index (χ4v) is 3.64. The van der Waals surface area contributed by atoms with E-state index in [2.05, 4.69) is 29.4 Å². The van der Waals surface area contributed by atoms with E-state index in [1.165, 1.54) is 12.8 Å². The fraction of sp³-hybridized carbons (Fsp3) is 0.941. The number of hydrogen-bond acceptors (Lipinski definition) is 4. The predicted molar refractivity (Wildman–Crippen MR) is 88.9 cm³/mol. The van der Waals surface area contributed by atoms with Gasteiger partial charge in [-0.3, -0.25) is 9.69 Å². The molecule has 0 aromatic carbocycles. The zero-order valence-electron chi connectivity index (χ0n) is 14.5. The minimum Gasteiger partial charge on any atom is -0.384 e. The van der Waals surface area contributed by atoms with Crippen molar-refractivity contribution >= 4 is 5.91 Å². The summed E-state index contributed by atoms with van der Waals surface area (Å²) in [6.07, 6.45) is 4.28. The Hall–Kier alpha value is -0.650. The number of rotatable bonds is 6. The Kier molecular flexibility index (Phi) is 6.66. The Labute approximate surface area is 135 Å². The molecule has 0 aromatic heterocycles. The van der Waals surface area contributed by atoms with Crippen LogP contribution in [-0.2, 0) is 9.53 Å². The molecule has 0 spiro atoms. The van der Waals surface area contributed by atoms with E-state index in [4.69, 9.17) is 4.74 Å². The van der Waals surface area contributed by atoms with Crippen LogP contribution >= 0.6 is 0 Å². The summed E-state index contributed by atoms with van der Waals surface area (Å²) < 4.78 is 5.34. The van der Waals surface area contributed by atoms with Crippen molar-refractivity contribution in [3.05, 3.63) is 0 Å². The number of carbonyl (C=O) groups is 1. The van der Waals surface area contributed by atoms with Gasteiger partial charge in [0.15, 0.2) is 0 Å². The van der Waals surface area contributed by atoms with Crippen molar-refractivity contribution in [2.24, 2.45) is 11.3 Å². The van der Waals surface area contributed by atoms with Gasteiger partial charge < -0.3 is 15.4 Å². The van der Waals surface area contributed by atoms with Crippen molar-refractivity contribution in [2.75, 3.05) is 46.4 Å². The van der Waals surface area contributed by atoms with Crippen LogP contribution in [0.3, 0.4) is 0 Å². The van der Waals surface area contributed by atoms with E-state index in [0.29, 0.717) is 12.6 Å². The van der Waals surface area contributed by atoms with Crippen LogP contribution < -0.4 is 10.6 Å². The molecule has 128 valence electrons. The molecule has 2 fully saturated rings. The number of likely N-dealkylation sites (tertiary alicyclic amines) is 1. The molecule has 0 bridgehead atoms. The van der Waals surface area contributed by atoms with Crippen molar-refractivity contribution in [3.63, 3.8) is 0 Å². The van der Waals surface area contributed by atoms with E-state index in [0.717, 1.165) is 51.5 Å². The highest BCUT2D eigenvalue weighted by atomic mass is 16.5. The first-order valence-corrected chi connectivity index (χ1v) is 8.79. The molecule has 1 atom stereocenters. The molecule has 1 unspecified atom stereocenters. The molecular weight excluding hydrogens is 278 g/mol. The molecule has 22 heavy (non-hydrogen) atoms. The van der Waals surface area contributed by atoms with Gasteiger partial charge in [0.05, 0.1) is 12.0 Å². The highest BCUT2D eigenvalue weighted by Crippen LogP contribution is 2.29. The number of ether oxygens (including phenoxy) is 1. The maximum absolute atomic E-state index is 12.7. The summed E-state index contributed by atoms with van der Waals surface area (Å²) in [7, 11) is 1.69. The summed E-state index contributed by atoms with van der Waals surface area (Å²) in [4.78, 5) is 15.2. The largest absolute Gasteiger partial charge is 0.384 e. The molecule has 2 heterocycles. The highest BCUT2D eigenvalue weighted by Gasteiger charge is 2.39. The number of hydrogen-bond donors (Lipinski definition) is 2. The van der Waals surface area contributed by atoms with Gasteiger partial charge in [0.25, 0.3) is 0 Å². The quantitative estimate of drug-likeness (QED) is 0.775. The third-order valence-electron chi connectivity index (χ3n) is 5.46. The van der Waals surface area contributed by atoms with Gasteiger partial charge in [-0.05, 0) is 64.7 Å². The minimum absolute atomic E-state index is 0.174. The van der Waals surface area contributed by atoms with Crippen molar-refractivity contribution in [1.82, 2.24) is 15.5 Å². The third-order valence-corrected chi connectivity index (χ3v) is 5.46. The summed E-state index contributed by atoms with van der Waals surface area (Å²) in [6, 6.07) is 0.415. The molecule has 0 saturated carbocycles. The smallest absolute Gasteiger partial charge is 0.228 e. The Morgan fingerprint density at radius 2 is 2.00 bits per heavy atom. The van der Waals surface area contributed by atoms with Crippen molar-refractivity contribution in [1.29, 1.82) is 0 Å². The summed E-state index contributed by atoms with van der Waals surface area (Å²) in [5.74, 6) is 1.02. The van der Waals surface area contributed by atoms with Crippen molar-refractivity contribution in [3.8, 4) is 0 Å². The lowest BCUT2D eigenvalue weighted by molar-refractivity contribution is -0.136. The van der Waals surface area contributed by atoms with E-state index in [1.54, 1.807) is 7.11 Å². The molecule has 2 N–H and O–H groups in total. The number of nitrogens with one attached hydrogen (secondary N) is 2. The highest BCUT2D eigenvalue weighted by molar-refractivity contribution is 5.83. The van der Waals surface area contributed by atoms with E-state index >= 15 is 0 Å². The van der Waals surface area contributed by atoms with Gasteiger partial charge in [-0.15, -0.1) is 0 Å². The van der Waals surface area contributed by atoms with E-state index in [-0.39, 0.29) is 11.3 Å². The predicted octanol–water partition coefficient (Wildman–Crippen LogP) is 1.24. The lowest BCUT2D eigenvalue weighted by Crippen LogP contribution is -2.53. The topological polar surface area (TPSA) is 53.6 Å². The van der Waals surface area contributed by atoms with Gasteiger partial charge in [0, 0.05) is 19.7 Å². The van der Waals surface area contributed by atoms with Crippen LogP contribution in [0, 0.1) is 11.3 Å². The maximum Gasteiger partial charge on any atom is 0.228 e. The van der Waals surface area contributed by atoms with Crippen LogP contribution in [0.25, 0.3) is 0 Å². The number of methoxy groups -OCH3 is 1. The summed E-state index contributed by atoms with van der Waals surface area (Å²) in [5.41, 5.74) is -0.337. The molecule has 2 saturated heterocycles. The normalized spacial score (nSPS) is 24.9. The number of carbonyl (C=O) groups excluding carboxylic acids is 1. The second-order valence-corrected chi connectivity index (χ2v) is 7.24. The average molecular weight is 311 g/mol. The first-order valence-electron chi connectivity index (χ1n) is 8.79. The second-order valence-electron chi connectivity index (χ2n) is 7.24. The first kappa shape index (κ1) is 17.7. The minimum atomic E-state index is -0.337. The monoisotopic (exact) mass is 311 g/mol. The molecule has 0 aromatic rings. The number of nitrogens with zero attached hydrogens (tertiary/aromatic N) is 1. The molecule has 0 radical (unpaired) electrons. The summed E-state index contributed by atoms with van der Waals surface area (Å²) in [5, 5.41) is 6.53. The molecule has 1 amide bonds. The van der Waals surface area contributed by atoms with Crippen LogP contribution in [0.1, 0.15) is 39.5 Å². The maximum atomic E-state index is 12.7. The molecule has 2 aliphatic heterocycles. The van der Waals surface area contributed by atoms with E-state index in [1.807, 2.05) is 0 Å². The van der Waals surface area contributed by atoms with Crippen LogP contribution in [0.4, 0.5) is 0 Å². The molecule has 2 aliphatic rings. The Morgan fingerprint density at radius 3 is 2.59 bits per heavy atom. The molecule has 5 heteroatoms. The van der Waals surface area contributed by atoms with Gasteiger partial charge in [-0.1, -0.05) is 6.92 Å². The van der Waals surface area contributed by atoms with Gasteiger partial charge in [-0.25, -0.2) is 0 Å². The molecule has 0 aliphatic carbocycles. The van der Waals surface area contributed by atoms with Crippen LogP contribution in [0.15, 0.2) is 0 Å². The standard InChI is InChI=1S/C17H33N3O2/c1-14-4-10-20(11-5-14)15(2)12-19-16(21)17(13-22-3)6-8-18-9-7-17/h14-15,18H,4-13H2,1-3H3,(H,19,21). The number of piperidine rings is 2. The second kappa shape index (κ2) is 8.27. The summed E-state index contributed by atoms with van der Waals surface area (Å²) >= 11 is 0. The van der Waals surface area contributed by atoms with Gasteiger partial charge >= 0.3 is 0 Å². The lowest BCUT2D eigenvalue weighted by atomic mass is 9.78. The summed E-state index contributed by atoms with van der Waals surface area (Å²) in [6.45, 7) is 9.93. The number of amides is 1. The molecular formula is C17H33N3O2. The van der Waals surface area contributed by atoms with Crippen molar-refractivity contribution < 1.29 is 9.53 Å². The first-order chi connectivity index (χ1) is 10.6. The molecule has 2 rings (SSSR count). The van der Waals surface area contributed by atoms with E-state index < -0.39 is 0 Å². The van der Waals surface area contributed by atoms with Crippen LogP contribution in [0.5, 0.6) is 0 Å². The molecule has 5 nitrogen and oxygen atoms in total. The zero-order chi connectivity index (χ0) is 16.0. The average Bonchev–Trinajstić information content (AvgIpc) is 2.54. The van der Waals surface area contributed by atoms with Crippen LogP contribution in [0.2, 0.25) is 0 Å². The van der Waals surface area contributed by atoms with Gasteiger partial charge in [-0.2, -0.15) is 0 Å². The lowest BCUT2D eigenvalue weighted by Gasteiger charge is -2.38. The zero-order valence-corrected chi connectivity index (χ0v) is 14.5. The Morgan fingerprint density at radius 1 is 1.36 bits per heavy atom. The Balaban J connectivity index is 1.82. The fourth-order valence-electron chi connectivity index (χ4n) is 3.64. The SMILES string of the molecule is COCC1(C(=O)NCC(C)N2CCC(C)CC2)CCNCC1. The Bertz CT molecular complexity index is 342. The van der Waals surface area contributed by atoms with E-state index in [9.17, 15) is 4.79 Å².